The van der Waals surface area contributed by atoms with Crippen LogP contribution in [-0.2, 0) is 19.1 Å². The van der Waals surface area contributed by atoms with Crippen molar-refractivity contribution < 1.29 is 29.0 Å². The molecule has 2 aromatic carbocycles. The van der Waals surface area contributed by atoms with Gasteiger partial charge in [0.05, 0.1) is 24.5 Å². The van der Waals surface area contributed by atoms with E-state index in [0.29, 0.717) is 49.4 Å². The van der Waals surface area contributed by atoms with Crippen molar-refractivity contribution in [2.45, 2.75) is 49.9 Å². The molecular formula is C28H33N3O6. The van der Waals surface area contributed by atoms with Gasteiger partial charge < -0.3 is 30.1 Å². The SMILES string of the molecule is COc1ccc(NC(=O)C2N(CCCCO)C(=O)[C@@H]3[C@H](C(=O)Nc4ccccc4)[C@]4(C)CCC23O4)cc1. The molecule has 37 heavy (non-hydrogen) atoms. The first-order chi connectivity index (χ1) is 17.8. The highest BCUT2D eigenvalue weighted by Crippen LogP contribution is 2.63. The molecule has 3 heterocycles. The fraction of sp³-hybridized carbons (Fsp3) is 0.464. The molecule has 5 atom stereocenters. The Morgan fingerprint density at radius 3 is 2.38 bits per heavy atom. The molecule has 3 saturated heterocycles. The molecule has 5 rings (SSSR count). The van der Waals surface area contributed by atoms with Gasteiger partial charge in [-0.25, -0.2) is 0 Å². The standard InChI is InChI=1S/C28H33N3O6/c1-27-14-15-28(37-27)22(21(27)24(33)29-18-8-4-3-5-9-18)26(35)31(16-6-7-17-32)23(28)25(34)30-19-10-12-20(36-2)13-11-19/h3-5,8-13,21-23,32H,6-7,14-17H2,1-2H3,(H,29,33)(H,30,34)/t21-,22+,23?,27+,28?/m1/s1. The summed E-state index contributed by atoms with van der Waals surface area (Å²) >= 11 is 0. The maximum atomic E-state index is 13.9. The van der Waals surface area contributed by atoms with Gasteiger partial charge in [-0.05, 0) is 69.0 Å². The molecule has 3 aliphatic heterocycles. The number of nitrogens with zero attached hydrogens (tertiary/aromatic N) is 1. The number of anilines is 2. The summed E-state index contributed by atoms with van der Waals surface area (Å²) in [6.45, 7) is 2.17. The molecule has 2 bridgehead atoms. The third-order valence-electron chi connectivity index (χ3n) is 8.01. The summed E-state index contributed by atoms with van der Waals surface area (Å²) < 4.78 is 11.8. The van der Waals surface area contributed by atoms with E-state index in [4.69, 9.17) is 9.47 Å². The average molecular weight is 508 g/mol. The Labute approximate surface area is 216 Å². The van der Waals surface area contributed by atoms with Crippen LogP contribution in [0.1, 0.15) is 32.6 Å². The van der Waals surface area contributed by atoms with E-state index in [1.54, 1.807) is 48.4 Å². The average Bonchev–Trinajstić information content (AvgIpc) is 3.46. The molecule has 3 amide bonds. The van der Waals surface area contributed by atoms with Gasteiger partial charge in [-0.3, -0.25) is 14.4 Å². The number of likely N-dealkylation sites (tertiary alicyclic amines) is 1. The van der Waals surface area contributed by atoms with E-state index in [9.17, 15) is 19.5 Å². The zero-order valence-electron chi connectivity index (χ0n) is 21.1. The summed E-state index contributed by atoms with van der Waals surface area (Å²) in [7, 11) is 1.57. The molecule has 3 N–H and O–H groups in total. The number of rotatable bonds is 9. The van der Waals surface area contributed by atoms with Crippen LogP contribution in [0, 0.1) is 11.8 Å². The van der Waals surface area contributed by atoms with E-state index in [0.717, 1.165) is 0 Å². The number of aliphatic hydroxyl groups is 1. The van der Waals surface area contributed by atoms with Crippen molar-refractivity contribution in [3.63, 3.8) is 0 Å². The number of benzene rings is 2. The third-order valence-corrected chi connectivity index (χ3v) is 8.01. The number of amides is 3. The number of aliphatic hydroxyl groups excluding tert-OH is 1. The molecule has 3 fully saturated rings. The van der Waals surface area contributed by atoms with Crippen LogP contribution < -0.4 is 15.4 Å². The van der Waals surface area contributed by atoms with Gasteiger partial charge in [0.15, 0.2) is 0 Å². The van der Waals surface area contributed by atoms with Gasteiger partial charge in [-0.2, -0.15) is 0 Å². The molecule has 2 aromatic rings. The van der Waals surface area contributed by atoms with Gasteiger partial charge >= 0.3 is 0 Å². The molecule has 9 heteroatoms. The maximum absolute atomic E-state index is 13.9. The number of methoxy groups -OCH3 is 1. The molecule has 1 spiro atoms. The van der Waals surface area contributed by atoms with Crippen molar-refractivity contribution in [2.75, 3.05) is 30.9 Å². The number of hydrogen-bond donors (Lipinski definition) is 3. The smallest absolute Gasteiger partial charge is 0.250 e. The van der Waals surface area contributed by atoms with E-state index in [-0.39, 0.29) is 24.3 Å². The second kappa shape index (κ2) is 9.79. The van der Waals surface area contributed by atoms with Gasteiger partial charge in [0.25, 0.3) is 0 Å². The lowest BCUT2D eigenvalue weighted by atomic mass is 9.66. The van der Waals surface area contributed by atoms with Crippen LogP contribution in [-0.4, -0.2) is 65.2 Å². The van der Waals surface area contributed by atoms with Gasteiger partial charge in [0, 0.05) is 24.5 Å². The lowest BCUT2D eigenvalue weighted by molar-refractivity contribution is -0.143. The Hall–Kier alpha value is -3.43. The van der Waals surface area contributed by atoms with Crippen LogP contribution in [0.25, 0.3) is 0 Å². The minimum absolute atomic E-state index is 0.00398. The highest BCUT2D eigenvalue weighted by Gasteiger charge is 2.77. The normalized spacial score (nSPS) is 29.8. The summed E-state index contributed by atoms with van der Waals surface area (Å²) in [6.07, 6.45) is 2.12. The van der Waals surface area contributed by atoms with Crippen LogP contribution in [0.3, 0.4) is 0 Å². The van der Waals surface area contributed by atoms with Crippen LogP contribution in [0.4, 0.5) is 11.4 Å². The number of fused-ring (bicyclic) bond motifs is 1. The zero-order chi connectivity index (χ0) is 26.2. The number of carbonyl (C=O) groups excluding carboxylic acids is 3. The summed E-state index contributed by atoms with van der Waals surface area (Å²) in [5.74, 6) is -1.71. The lowest BCUT2D eigenvalue weighted by Gasteiger charge is -2.33. The van der Waals surface area contributed by atoms with Crippen molar-refractivity contribution in [1.29, 1.82) is 0 Å². The van der Waals surface area contributed by atoms with Crippen molar-refractivity contribution >= 4 is 29.1 Å². The molecule has 196 valence electrons. The summed E-state index contributed by atoms with van der Waals surface area (Å²) in [6, 6.07) is 15.2. The first-order valence-electron chi connectivity index (χ1n) is 12.8. The van der Waals surface area contributed by atoms with E-state index >= 15 is 0 Å². The van der Waals surface area contributed by atoms with Gasteiger partial charge in [0.2, 0.25) is 17.7 Å². The van der Waals surface area contributed by atoms with E-state index in [2.05, 4.69) is 10.6 Å². The number of hydrogen-bond acceptors (Lipinski definition) is 6. The number of carbonyl (C=O) groups is 3. The van der Waals surface area contributed by atoms with Gasteiger partial charge in [-0.15, -0.1) is 0 Å². The second-order valence-electron chi connectivity index (χ2n) is 10.3. The van der Waals surface area contributed by atoms with Crippen LogP contribution in [0.5, 0.6) is 5.75 Å². The van der Waals surface area contributed by atoms with E-state index in [1.165, 1.54) is 0 Å². The highest BCUT2D eigenvalue weighted by molar-refractivity contribution is 6.05. The largest absolute Gasteiger partial charge is 0.497 e. The Morgan fingerprint density at radius 1 is 1.03 bits per heavy atom. The highest BCUT2D eigenvalue weighted by atomic mass is 16.5. The minimum Gasteiger partial charge on any atom is -0.497 e. The van der Waals surface area contributed by atoms with Crippen molar-refractivity contribution in [3.8, 4) is 5.75 Å². The van der Waals surface area contributed by atoms with Crippen molar-refractivity contribution in [3.05, 3.63) is 54.6 Å². The first kappa shape index (κ1) is 25.2. The lowest BCUT2D eigenvalue weighted by Crippen LogP contribution is -2.53. The Balaban J connectivity index is 1.46. The van der Waals surface area contributed by atoms with Crippen LogP contribution in [0.15, 0.2) is 54.6 Å². The summed E-state index contributed by atoms with van der Waals surface area (Å²) in [5.41, 5.74) is -0.729. The maximum Gasteiger partial charge on any atom is 0.250 e. The van der Waals surface area contributed by atoms with Gasteiger partial charge in [-0.1, -0.05) is 18.2 Å². The monoisotopic (exact) mass is 507 g/mol. The molecule has 0 aromatic heterocycles. The quantitative estimate of drug-likeness (QED) is 0.450. The zero-order valence-corrected chi connectivity index (χ0v) is 21.1. The molecule has 0 radical (unpaired) electrons. The van der Waals surface area contributed by atoms with Crippen molar-refractivity contribution in [1.82, 2.24) is 4.90 Å². The molecule has 0 aliphatic carbocycles. The van der Waals surface area contributed by atoms with Crippen molar-refractivity contribution in [2.24, 2.45) is 11.8 Å². The predicted molar refractivity (Wildman–Crippen MR) is 137 cm³/mol. The Kier molecular flexibility index (Phi) is 6.68. The van der Waals surface area contributed by atoms with Gasteiger partial charge in [0.1, 0.15) is 17.4 Å². The second-order valence-corrected chi connectivity index (χ2v) is 10.3. The minimum atomic E-state index is -1.10. The summed E-state index contributed by atoms with van der Waals surface area (Å²) in [5, 5.41) is 15.2. The molecule has 2 unspecified atom stereocenters. The number of nitrogens with one attached hydrogen (secondary N) is 2. The molecule has 9 nitrogen and oxygen atoms in total. The van der Waals surface area contributed by atoms with Crippen LogP contribution >= 0.6 is 0 Å². The summed E-state index contributed by atoms with van der Waals surface area (Å²) in [4.78, 5) is 42.9. The Bertz CT molecular complexity index is 1170. The number of para-hydroxylation sites is 1. The van der Waals surface area contributed by atoms with E-state index < -0.39 is 29.1 Å². The predicted octanol–water partition coefficient (Wildman–Crippen LogP) is 2.81. The fourth-order valence-electron chi connectivity index (χ4n) is 6.39. The number of unbranched alkanes of at least 4 members (excludes halogenated alkanes) is 1. The topological polar surface area (TPSA) is 117 Å². The first-order valence-corrected chi connectivity index (χ1v) is 12.8. The van der Waals surface area contributed by atoms with E-state index in [1.807, 2.05) is 25.1 Å². The fourth-order valence-corrected chi connectivity index (χ4v) is 6.39. The molecular weight excluding hydrogens is 474 g/mol. The molecule has 3 aliphatic rings. The Morgan fingerprint density at radius 2 is 1.70 bits per heavy atom. The molecule has 0 saturated carbocycles. The third kappa shape index (κ3) is 4.26. The van der Waals surface area contributed by atoms with Crippen LogP contribution in [0.2, 0.25) is 0 Å². The number of ether oxygens (including phenoxy) is 2.